The van der Waals surface area contributed by atoms with Gasteiger partial charge in [0.15, 0.2) is 23.1 Å². The van der Waals surface area contributed by atoms with Crippen LogP contribution in [0, 0.1) is 23.7 Å². The Balaban J connectivity index is 1.15. The van der Waals surface area contributed by atoms with Crippen molar-refractivity contribution in [2.75, 3.05) is 0 Å². The van der Waals surface area contributed by atoms with Gasteiger partial charge in [-0.25, -0.2) is 0 Å². The molecule has 6 rings (SSSR count). The maximum Gasteiger partial charge on any atom is 0.162 e. The van der Waals surface area contributed by atoms with Crippen molar-refractivity contribution in [3.8, 4) is 23.7 Å². The second-order valence-electron chi connectivity index (χ2n) is 27.5. The number of nitrogens with zero attached hydrogens (tertiary/aromatic N) is 2. The maximum atomic E-state index is 13.8. The number of Topliss-reactive ketones (excluding diaryl/α,β-unsaturated/α-hetero) is 4. The number of ketones is 4. The summed E-state index contributed by atoms with van der Waals surface area (Å²) in [5.74, 6) is 13.8. The van der Waals surface area contributed by atoms with Crippen molar-refractivity contribution in [3.63, 3.8) is 0 Å². The Morgan fingerprint density at radius 2 is 0.424 bits per heavy atom. The van der Waals surface area contributed by atoms with Crippen molar-refractivity contribution in [2.24, 2.45) is 0 Å². The fourth-order valence-corrected chi connectivity index (χ4v) is 13.9. The molecule has 0 saturated carbocycles. The van der Waals surface area contributed by atoms with E-state index in [9.17, 15) is 19.2 Å². The van der Waals surface area contributed by atoms with Crippen molar-refractivity contribution in [3.05, 3.63) is 95.1 Å². The summed E-state index contributed by atoms with van der Waals surface area (Å²) in [5.41, 5.74) is 6.87. The second-order valence-corrected chi connectivity index (χ2v) is 27.5. The van der Waals surface area contributed by atoms with Gasteiger partial charge in [0.2, 0.25) is 0 Å². The summed E-state index contributed by atoms with van der Waals surface area (Å²) in [5, 5.41) is 3.91. The zero-order valence-corrected chi connectivity index (χ0v) is 58.8. The number of carbonyl (C=O) groups excluding carboxylic acids is 4. The molecule has 6 heteroatoms. The quantitative estimate of drug-likeness (QED) is 0.0217. The molecule has 0 spiro atoms. The van der Waals surface area contributed by atoms with E-state index in [-0.39, 0.29) is 23.1 Å². The number of carbonyl (C=O) groups is 4. The molecular weight excluding hydrogens is 1120 g/mol. The third-order valence-electron chi connectivity index (χ3n) is 19.8. The smallest absolute Gasteiger partial charge is 0.162 e. The van der Waals surface area contributed by atoms with Crippen LogP contribution in [0.2, 0.25) is 0 Å². The minimum atomic E-state index is 0.179. The van der Waals surface area contributed by atoms with Crippen LogP contribution in [0.4, 0.5) is 0 Å². The van der Waals surface area contributed by atoms with Crippen LogP contribution in [-0.4, -0.2) is 32.3 Å². The number of unbranched alkanes of at least 4 members (excludes halogenated alkanes) is 40. The molecule has 6 aromatic rings. The SMILES string of the molecule is CCCCCCCCCCCCCC(=O)c1ccc2c(c1)c1cc(C(=O)CCCCCCCCCCCCC)ccc1n2CC#CC#CCn1c2ccc(C(=O)CCCCCCCCCCCCC)cc2c2cc(C(=O)CCCCCCCCCCCCC)ccc21. The van der Waals surface area contributed by atoms with Crippen LogP contribution in [0.1, 0.15) is 377 Å². The van der Waals surface area contributed by atoms with Gasteiger partial charge >= 0.3 is 0 Å². The molecule has 502 valence electrons. The molecule has 0 aliphatic heterocycles. The molecule has 0 aliphatic rings. The Bertz CT molecular complexity index is 2830. The van der Waals surface area contributed by atoms with Crippen molar-refractivity contribution in [2.45, 2.75) is 349 Å². The Labute approximate surface area is 559 Å². The zero-order chi connectivity index (χ0) is 65.1. The molecule has 2 heterocycles. The normalized spacial score (nSPS) is 11.5. The molecule has 0 fully saturated rings. The molecule has 0 saturated heterocycles. The van der Waals surface area contributed by atoms with Gasteiger partial charge in [-0.1, -0.05) is 296 Å². The van der Waals surface area contributed by atoms with Gasteiger partial charge < -0.3 is 9.13 Å². The van der Waals surface area contributed by atoms with Crippen molar-refractivity contribution in [1.29, 1.82) is 0 Å². The van der Waals surface area contributed by atoms with Crippen LogP contribution in [0.3, 0.4) is 0 Å². The first kappa shape index (κ1) is 75.3. The molecule has 0 bridgehead atoms. The minimum Gasteiger partial charge on any atom is -0.329 e. The van der Waals surface area contributed by atoms with Gasteiger partial charge in [-0.05, 0) is 110 Å². The minimum absolute atomic E-state index is 0.179. The van der Waals surface area contributed by atoms with Crippen LogP contribution in [0.15, 0.2) is 72.8 Å². The summed E-state index contributed by atoms with van der Waals surface area (Å²) in [6, 6.07) is 24.4. The Morgan fingerprint density at radius 3 is 0.609 bits per heavy atom. The summed E-state index contributed by atoms with van der Waals surface area (Å²) in [4.78, 5) is 55.2. The Kier molecular flexibility index (Phi) is 38.0. The number of rotatable bonds is 54. The van der Waals surface area contributed by atoms with E-state index in [4.69, 9.17) is 0 Å². The molecule has 0 amide bonds. The number of hydrogen-bond acceptors (Lipinski definition) is 4. The fourth-order valence-electron chi connectivity index (χ4n) is 13.9. The third kappa shape index (κ3) is 26.9. The third-order valence-corrected chi connectivity index (χ3v) is 19.8. The van der Waals surface area contributed by atoms with Crippen LogP contribution >= 0.6 is 0 Å². The van der Waals surface area contributed by atoms with Crippen molar-refractivity contribution in [1.82, 2.24) is 9.13 Å². The average molecular weight is 1250 g/mol. The lowest BCUT2D eigenvalue weighted by Crippen LogP contribution is -2.00. The van der Waals surface area contributed by atoms with E-state index in [2.05, 4.69) is 109 Å². The number of aromatic nitrogens is 2. The van der Waals surface area contributed by atoms with Crippen molar-refractivity contribution < 1.29 is 19.2 Å². The fraction of sp³-hybridized carbons (Fsp3) is 0.628. The maximum absolute atomic E-state index is 13.8. The highest BCUT2D eigenvalue weighted by Gasteiger charge is 2.19. The molecule has 0 atom stereocenters. The van der Waals surface area contributed by atoms with Crippen molar-refractivity contribution >= 4 is 66.7 Å². The lowest BCUT2D eigenvalue weighted by atomic mass is 9.99. The van der Waals surface area contributed by atoms with Gasteiger partial charge in [0.05, 0.1) is 35.2 Å². The van der Waals surface area contributed by atoms with Crippen LogP contribution in [0.25, 0.3) is 43.6 Å². The molecule has 0 radical (unpaired) electrons. The first-order valence-electron chi connectivity index (χ1n) is 38.5. The summed E-state index contributed by atoms with van der Waals surface area (Å²) < 4.78 is 4.41. The molecule has 6 nitrogen and oxygen atoms in total. The lowest BCUT2D eigenvalue weighted by Gasteiger charge is -2.05. The van der Waals surface area contributed by atoms with Gasteiger partial charge in [-0.3, -0.25) is 19.2 Å². The largest absolute Gasteiger partial charge is 0.329 e. The molecule has 0 aliphatic carbocycles. The molecule has 92 heavy (non-hydrogen) atoms. The molecule has 0 N–H and O–H groups in total. The van der Waals surface area contributed by atoms with Gasteiger partial charge in [-0.15, -0.1) is 0 Å². The summed E-state index contributed by atoms with van der Waals surface area (Å²) in [6.07, 6.45) is 57.1. The van der Waals surface area contributed by atoms with Crippen LogP contribution < -0.4 is 0 Å². The number of fused-ring (bicyclic) bond motifs is 6. The van der Waals surface area contributed by atoms with Gasteiger partial charge in [0.25, 0.3) is 0 Å². The molecule has 0 unspecified atom stereocenters. The van der Waals surface area contributed by atoms with Crippen LogP contribution in [-0.2, 0) is 13.1 Å². The first-order chi connectivity index (χ1) is 45.3. The van der Waals surface area contributed by atoms with E-state index in [0.717, 1.165) is 117 Å². The highest BCUT2D eigenvalue weighted by molar-refractivity contribution is 6.14. The van der Waals surface area contributed by atoms with E-state index in [0.29, 0.717) is 38.8 Å². The van der Waals surface area contributed by atoms with Gasteiger partial charge in [-0.2, -0.15) is 0 Å². The van der Waals surface area contributed by atoms with Gasteiger partial charge in [0, 0.05) is 69.5 Å². The van der Waals surface area contributed by atoms with E-state index in [1.54, 1.807) is 0 Å². The number of hydrogen-bond donors (Lipinski definition) is 0. The molecular formula is C86H124N2O4. The Hall–Kier alpha value is -5.72. The van der Waals surface area contributed by atoms with E-state index in [1.807, 2.05) is 24.3 Å². The second kappa shape index (κ2) is 46.4. The van der Waals surface area contributed by atoms with E-state index in [1.165, 1.54) is 231 Å². The highest BCUT2D eigenvalue weighted by atomic mass is 16.1. The number of benzene rings is 4. The average Bonchev–Trinajstić information content (AvgIpc) is 1.65. The lowest BCUT2D eigenvalue weighted by molar-refractivity contribution is 0.0971. The first-order valence-corrected chi connectivity index (χ1v) is 38.5. The summed E-state index contributed by atoms with van der Waals surface area (Å²) >= 11 is 0. The standard InChI is InChI=1S/C86H124N2O4/c1-5-9-13-17-21-25-29-33-37-41-47-53-83(89)71-57-61-79-75(67-71)76-68-72(84(90)54-48-42-38-34-30-26-22-18-14-10-6-2)58-62-80(76)87(79)65-51-45-46-52-66-88-81-63-59-73(85(91)55-49-43-39-35-31-27-23-19-15-11-7-3)69-77(81)78-70-74(60-64-82(78)88)86(92)56-50-44-40-36-32-28-24-20-16-12-8-4/h57-64,67-70H,5-44,47-50,53-56,65-66H2,1-4H3. The van der Waals surface area contributed by atoms with Crippen LogP contribution in [0.5, 0.6) is 0 Å². The van der Waals surface area contributed by atoms with E-state index < -0.39 is 0 Å². The molecule has 2 aromatic heterocycles. The monoisotopic (exact) mass is 1250 g/mol. The van der Waals surface area contributed by atoms with E-state index >= 15 is 0 Å². The summed E-state index contributed by atoms with van der Waals surface area (Å²) in [7, 11) is 0. The van der Waals surface area contributed by atoms with Gasteiger partial charge in [0.1, 0.15) is 0 Å². The Morgan fingerprint density at radius 1 is 0.250 bits per heavy atom. The highest BCUT2D eigenvalue weighted by Crippen LogP contribution is 2.34. The predicted octanol–water partition coefficient (Wildman–Crippen LogP) is 26.1. The topological polar surface area (TPSA) is 78.1 Å². The predicted molar refractivity (Wildman–Crippen MR) is 396 cm³/mol. The summed E-state index contributed by atoms with van der Waals surface area (Å²) in [6.45, 7) is 9.88. The zero-order valence-electron chi connectivity index (χ0n) is 58.8. The molecule has 4 aromatic carbocycles.